The average molecular weight is 461 g/mol. The Labute approximate surface area is 189 Å². The van der Waals surface area contributed by atoms with Gasteiger partial charge in [-0.3, -0.25) is 23.3 Å². The van der Waals surface area contributed by atoms with Gasteiger partial charge in [0.05, 0.1) is 12.0 Å². The van der Waals surface area contributed by atoms with Gasteiger partial charge in [0.2, 0.25) is 0 Å². The highest BCUT2D eigenvalue weighted by Crippen LogP contribution is 2.26. The number of thioether (sulfide) groups is 1. The van der Waals surface area contributed by atoms with Crippen molar-refractivity contribution in [3.8, 4) is 11.6 Å². The summed E-state index contributed by atoms with van der Waals surface area (Å²) in [6.07, 6.45) is 1.56. The number of furan rings is 1. The number of nitrogens with two attached hydrogens (primary N) is 1. The van der Waals surface area contributed by atoms with Crippen LogP contribution in [-0.4, -0.2) is 35.4 Å². The fourth-order valence-electron chi connectivity index (χ4n) is 3.30. The van der Waals surface area contributed by atoms with Crippen LogP contribution in [0.2, 0.25) is 0 Å². The van der Waals surface area contributed by atoms with Gasteiger partial charge in [0.15, 0.2) is 22.5 Å². The number of carbonyl (C=O) groups is 1. The maximum Gasteiger partial charge on any atom is 0.332 e. The Morgan fingerprint density at radius 1 is 1.12 bits per heavy atom. The molecule has 0 radical (unpaired) electrons. The van der Waals surface area contributed by atoms with Gasteiger partial charge in [-0.1, -0.05) is 39.5 Å². The molecule has 3 aromatic rings. The van der Waals surface area contributed by atoms with E-state index in [1.165, 1.54) is 11.6 Å². The van der Waals surface area contributed by atoms with Crippen molar-refractivity contribution < 1.29 is 9.21 Å². The summed E-state index contributed by atoms with van der Waals surface area (Å²) in [7, 11) is 1.35. The van der Waals surface area contributed by atoms with Crippen molar-refractivity contribution in [1.29, 1.82) is 0 Å². The van der Waals surface area contributed by atoms with Crippen molar-refractivity contribution >= 4 is 23.4 Å². The molecule has 0 aliphatic rings. The first-order valence-electron chi connectivity index (χ1n) is 10.3. The number of aromatic nitrogens is 5. The van der Waals surface area contributed by atoms with Crippen molar-refractivity contribution in [2.75, 3.05) is 11.5 Å². The van der Waals surface area contributed by atoms with Crippen molar-refractivity contribution in [3.05, 3.63) is 44.8 Å². The molecule has 0 aliphatic heterocycles. The first-order valence-corrected chi connectivity index (χ1v) is 11.3. The summed E-state index contributed by atoms with van der Waals surface area (Å²) in [5.41, 5.74) is 4.70. The van der Waals surface area contributed by atoms with Crippen LogP contribution in [0.4, 0.5) is 5.82 Å². The molecule has 32 heavy (non-hydrogen) atoms. The fraction of sp³-hybridized carbons (Fsp3) is 0.476. The standard InChI is InChI=1S/C21H28N6O4S/c1-12(2)9-26-17(22)16(19(29)25(5)21(26)30)14(28)11-32-20-24-23-18(15-7-6-8-31-15)27(20)10-13(3)4/h6-8,12-13H,9-11,22H2,1-5H3. The molecule has 0 saturated carbocycles. The molecular formula is C21H28N6O4S. The van der Waals surface area contributed by atoms with Gasteiger partial charge in [0.25, 0.3) is 5.56 Å². The third kappa shape index (κ3) is 4.72. The maximum atomic E-state index is 13.0. The molecule has 0 amide bonds. The molecule has 3 rings (SSSR count). The topological polar surface area (TPSA) is 131 Å². The number of hydrogen-bond donors (Lipinski definition) is 1. The van der Waals surface area contributed by atoms with E-state index in [0.717, 1.165) is 16.3 Å². The molecule has 11 heteroatoms. The lowest BCUT2D eigenvalue weighted by atomic mass is 10.2. The summed E-state index contributed by atoms with van der Waals surface area (Å²) in [5, 5.41) is 8.97. The van der Waals surface area contributed by atoms with E-state index < -0.39 is 17.0 Å². The Morgan fingerprint density at radius 2 is 1.78 bits per heavy atom. The van der Waals surface area contributed by atoms with Crippen molar-refractivity contribution in [3.63, 3.8) is 0 Å². The highest BCUT2D eigenvalue weighted by atomic mass is 32.2. The van der Waals surface area contributed by atoms with Crippen LogP contribution in [0.15, 0.2) is 37.6 Å². The van der Waals surface area contributed by atoms with Crippen LogP contribution in [0.25, 0.3) is 11.6 Å². The number of Topliss-reactive ketones (excluding diaryl/α,β-unsaturated/α-hetero) is 1. The number of nitrogen functional groups attached to an aromatic ring is 1. The number of anilines is 1. The Kier molecular flexibility index (Phi) is 7.07. The lowest BCUT2D eigenvalue weighted by Gasteiger charge is -2.16. The second-order valence-electron chi connectivity index (χ2n) is 8.41. The van der Waals surface area contributed by atoms with Gasteiger partial charge in [0, 0.05) is 20.1 Å². The smallest absolute Gasteiger partial charge is 0.332 e. The van der Waals surface area contributed by atoms with Crippen LogP contribution in [-0.2, 0) is 20.1 Å². The van der Waals surface area contributed by atoms with E-state index in [-0.39, 0.29) is 23.1 Å². The number of carbonyl (C=O) groups excluding carboxylic acids is 1. The summed E-state index contributed by atoms with van der Waals surface area (Å²) >= 11 is 1.16. The fourth-order valence-corrected chi connectivity index (χ4v) is 4.12. The number of hydrogen-bond acceptors (Lipinski definition) is 8. The highest BCUT2D eigenvalue weighted by Gasteiger charge is 2.24. The SMILES string of the molecule is CC(C)Cn1c(SCC(=O)c2c(N)n(CC(C)C)c(=O)n(C)c2=O)nnc1-c1ccco1. The van der Waals surface area contributed by atoms with Crippen molar-refractivity contribution in [2.45, 2.75) is 45.9 Å². The van der Waals surface area contributed by atoms with E-state index in [0.29, 0.717) is 35.7 Å². The van der Waals surface area contributed by atoms with Gasteiger partial charge in [-0.15, -0.1) is 10.2 Å². The maximum absolute atomic E-state index is 13.0. The van der Waals surface area contributed by atoms with Crippen molar-refractivity contribution in [2.24, 2.45) is 18.9 Å². The zero-order chi connectivity index (χ0) is 23.6. The van der Waals surface area contributed by atoms with Crippen LogP contribution >= 0.6 is 11.8 Å². The summed E-state index contributed by atoms with van der Waals surface area (Å²) < 4.78 is 9.55. The molecule has 0 aromatic carbocycles. The van der Waals surface area contributed by atoms with Crippen LogP contribution in [0.1, 0.15) is 38.1 Å². The lowest BCUT2D eigenvalue weighted by Crippen LogP contribution is -2.43. The first kappa shape index (κ1) is 23.6. The molecule has 3 heterocycles. The minimum absolute atomic E-state index is 0.0757. The average Bonchev–Trinajstić information content (AvgIpc) is 3.37. The monoisotopic (exact) mass is 460 g/mol. The first-order chi connectivity index (χ1) is 15.1. The lowest BCUT2D eigenvalue weighted by molar-refractivity contribution is 0.102. The molecule has 0 spiro atoms. The van der Waals surface area contributed by atoms with Gasteiger partial charge in [-0.05, 0) is 24.0 Å². The molecule has 0 bridgehead atoms. The summed E-state index contributed by atoms with van der Waals surface area (Å²) in [5.74, 6) is 0.918. The summed E-state index contributed by atoms with van der Waals surface area (Å²) in [6.45, 7) is 8.91. The van der Waals surface area contributed by atoms with E-state index in [1.807, 2.05) is 18.4 Å². The predicted molar refractivity (Wildman–Crippen MR) is 123 cm³/mol. The Balaban J connectivity index is 1.92. The number of rotatable bonds is 9. The minimum atomic E-state index is -0.696. The van der Waals surface area contributed by atoms with Crippen LogP contribution in [0.5, 0.6) is 0 Å². The quantitative estimate of drug-likeness (QED) is 0.380. The molecule has 0 fully saturated rings. The van der Waals surface area contributed by atoms with Crippen molar-refractivity contribution in [1.82, 2.24) is 23.9 Å². The number of ketones is 1. The summed E-state index contributed by atoms with van der Waals surface area (Å²) in [6, 6.07) is 3.56. The molecular weight excluding hydrogens is 432 g/mol. The highest BCUT2D eigenvalue weighted by molar-refractivity contribution is 7.99. The third-order valence-electron chi connectivity index (χ3n) is 4.75. The molecule has 0 saturated heterocycles. The van der Waals surface area contributed by atoms with Crippen LogP contribution in [0, 0.1) is 11.8 Å². The zero-order valence-corrected chi connectivity index (χ0v) is 19.7. The molecule has 10 nitrogen and oxygen atoms in total. The molecule has 2 N–H and O–H groups in total. The molecule has 0 unspecified atom stereocenters. The van der Waals surface area contributed by atoms with E-state index in [1.54, 1.807) is 18.4 Å². The Bertz CT molecular complexity index is 1220. The van der Waals surface area contributed by atoms with Gasteiger partial charge < -0.3 is 10.2 Å². The summed E-state index contributed by atoms with van der Waals surface area (Å²) in [4.78, 5) is 38.2. The van der Waals surface area contributed by atoms with Gasteiger partial charge in [-0.2, -0.15) is 0 Å². The van der Waals surface area contributed by atoms with E-state index in [2.05, 4.69) is 24.0 Å². The second-order valence-corrected chi connectivity index (χ2v) is 9.35. The molecule has 3 aromatic heterocycles. The minimum Gasteiger partial charge on any atom is -0.461 e. The third-order valence-corrected chi connectivity index (χ3v) is 5.72. The Morgan fingerprint density at radius 3 is 2.38 bits per heavy atom. The van der Waals surface area contributed by atoms with Crippen LogP contribution in [0.3, 0.4) is 0 Å². The normalized spacial score (nSPS) is 11.6. The zero-order valence-electron chi connectivity index (χ0n) is 18.9. The number of nitrogens with zero attached hydrogens (tertiary/aromatic N) is 5. The predicted octanol–water partition coefficient (Wildman–Crippen LogP) is 2.27. The Hall–Kier alpha value is -3.08. The van der Waals surface area contributed by atoms with E-state index in [9.17, 15) is 14.4 Å². The largest absolute Gasteiger partial charge is 0.461 e. The van der Waals surface area contributed by atoms with Crippen LogP contribution < -0.4 is 17.0 Å². The molecule has 0 atom stereocenters. The van der Waals surface area contributed by atoms with E-state index >= 15 is 0 Å². The van der Waals surface area contributed by atoms with Gasteiger partial charge in [-0.25, -0.2) is 4.79 Å². The van der Waals surface area contributed by atoms with E-state index in [4.69, 9.17) is 10.2 Å². The van der Waals surface area contributed by atoms with Gasteiger partial charge >= 0.3 is 5.69 Å². The second kappa shape index (κ2) is 9.60. The molecule has 172 valence electrons. The van der Waals surface area contributed by atoms with Gasteiger partial charge in [0.1, 0.15) is 11.4 Å². The molecule has 0 aliphatic carbocycles.